The molecule has 130 valence electrons. The molecule has 0 atom stereocenters. The van der Waals surface area contributed by atoms with E-state index in [0.29, 0.717) is 6.42 Å². The highest BCUT2D eigenvalue weighted by Gasteiger charge is 2.22. The van der Waals surface area contributed by atoms with Crippen molar-refractivity contribution in [3.63, 3.8) is 0 Å². The van der Waals surface area contributed by atoms with Crippen LogP contribution in [0.1, 0.15) is 5.56 Å². The third-order valence-corrected chi connectivity index (χ3v) is 6.21. The number of rotatable bonds is 7. The first-order chi connectivity index (χ1) is 11.2. The number of methoxy groups -OCH3 is 1. The van der Waals surface area contributed by atoms with Crippen molar-refractivity contribution in [2.45, 2.75) is 16.2 Å². The zero-order valence-electron chi connectivity index (χ0n) is 13.4. The Morgan fingerprint density at radius 1 is 0.917 bits per heavy atom. The van der Waals surface area contributed by atoms with E-state index in [4.69, 9.17) is 4.74 Å². The van der Waals surface area contributed by atoms with Crippen LogP contribution >= 0.6 is 0 Å². The van der Waals surface area contributed by atoms with Gasteiger partial charge in [-0.2, -0.15) is 0 Å². The Balaban J connectivity index is 2.12. The average molecular weight is 369 g/mol. The van der Waals surface area contributed by atoms with Crippen LogP contribution in [0.25, 0.3) is 0 Å². The van der Waals surface area contributed by atoms with Gasteiger partial charge < -0.3 is 4.74 Å². The summed E-state index contributed by atoms with van der Waals surface area (Å²) in [4.78, 5) is -0.441. The second-order valence-electron chi connectivity index (χ2n) is 5.21. The number of nitrogens with one attached hydrogen (secondary N) is 1. The molecule has 0 aliphatic heterocycles. The summed E-state index contributed by atoms with van der Waals surface area (Å²) in [5.74, 6) is 0.724. The molecule has 2 rings (SSSR count). The predicted molar refractivity (Wildman–Crippen MR) is 91.4 cm³/mol. The zero-order valence-corrected chi connectivity index (χ0v) is 15.0. The minimum absolute atomic E-state index is 0.159. The summed E-state index contributed by atoms with van der Waals surface area (Å²) in [5, 5.41) is 0. The Morgan fingerprint density at radius 3 is 2.04 bits per heavy atom. The monoisotopic (exact) mass is 369 g/mol. The number of hydrogen-bond donors (Lipinski definition) is 1. The summed E-state index contributed by atoms with van der Waals surface area (Å²) < 4.78 is 55.8. The van der Waals surface area contributed by atoms with E-state index in [-0.39, 0.29) is 16.3 Å². The fourth-order valence-corrected chi connectivity index (χ4v) is 4.84. The van der Waals surface area contributed by atoms with Crippen LogP contribution in [0.2, 0.25) is 0 Å². The van der Waals surface area contributed by atoms with Crippen LogP contribution in [0.15, 0.2) is 58.3 Å². The zero-order chi connectivity index (χ0) is 17.8. The van der Waals surface area contributed by atoms with Crippen LogP contribution < -0.4 is 9.46 Å². The minimum Gasteiger partial charge on any atom is -0.497 e. The third-order valence-electron chi connectivity index (χ3n) is 3.40. The molecular formula is C16H19NO5S2. The molecule has 0 aliphatic rings. The molecule has 6 nitrogen and oxygen atoms in total. The third kappa shape index (κ3) is 4.56. The van der Waals surface area contributed by atoms with Gasteiger partial charge in [-0.1, -0.05) is 24.3 Å². The quantitative estimate of drug-likeness (QED) is 0.801. The number of benzene rings is 2. The van der Waals surface area contributed by atoms with Gasteiger partial charge in [0.15, 0.2) is 9.84 Å². The minimum atomic E-state index is -3.91. The molecule has 0 saturated heterocycles. The van der Waals surface area contributed by atoms with Crippen LogP contribution in [0, 0.1) is 0 Å². The molecule has 0 bridgehead atoms. The maximum absolute atomic E-state index is 12.4. The van der Waals surface area contributed by atoms with Crippen LogP contribution in [-0.4, -0.2) is 36.7 Å². The summed E-state index contributed by atoms with van der Waals surface area (Å²) in [6.45, 7) is 0.159. The maximum atomic E-state index is 12.4. The summed E-state index contributed by atoms with van der Waals surface area (Å²) in [6.07, 6.45) is 1.46. The van der Waals surface area contributed by atoms with Crippen molar-refractivity contribution in [2.75, 3.05) is 19.9 Å². The molecular weight excluding hydrogens is 350 g/mol. The highest BCUT2D eigenvalue weighted by molar-refractivity contribution is 7.93. The molecule has 2 aromatic rings. The van der Waals surface area contributed by atoms with Gasteiger partial charge in [-0.25, -0.2) is 21.6 Å². The lowest BCUT2D eigenvalue weighted by molar-refractivity contribution is 0.414. The average Bonchev–Trinajstić information content (AvgIpc) is 2.54. The van der Waals surface area contributed by atoms with Gasteiger partial charge in [-0.15, -0.1) is 0 Å². The van der Waals surface area contributed by atoms with Gasteiger partial charge in [0, 0.05) is 12.8 Å². The SMILES string of the molecule is COc1ccc(CCNS(=O)(=O)c2ccccc2S(C)(=O)=O)cc1. The van der Waals surface area contributed by atoms with Crippen molar-refractivity contribution in [3.05, 3.63) is 54.1 Å². The maximum Gasteiger partial charge on any atom is 0.241 e. The molecule has 0 saturated carbocycles. The number of sulfonamides is 1. The van der Waals surface area contributed by atoms with Gasteiger partial charge in [-0.3, -0.25) is 0 Å². The van der Waals surface area contributed by atoms with Crippen LogP contribution in [0.4, 0.5) is 0 Å². The molecule has 24 heavy (non-hydrogen) atoms. The van der Waals surface area contributed by atoms with Gasteiger partial charge in [0.2, 0.25) is 10.0 Å². The molecule has 0 aromatic heterocycles. The molecule has 0 radical (unpaired) electrons. The fraction of sp³-hybridized carbons (Fsp3) is 0.250. The van der Waals surface area contributed by atoms with Crippen LogP contribution in [0.5, 0.6) is 5.75 Å². The van der Waals surface area contributed by atoms with Crippen molar-refractivity contribution >= 4 is 19.9 Å². The van der Waals surface area contributed by atoms with Crippen molar-refractivity contribution in [1.29, 1.82) is 0 Å². The Labute approximate surface area is 142 Å². The molecule has 0 spiro atoms. The molecule has 0 amide bonds. The Hall–Kier alpha value is -1.90. The van der Waals surface area contributed by atoms with Crippen LogP contribution in [0.3, 0.4) is 0 Å². The van der Waals surface area contributed by atoms with E-state index in [1.165, 1.54) is 24.3 Å². The van der Waals surface area contributed by atoms with Gasteiger partial charge >= 0.3 is 0 Å². The van der Waals surface area contributed by atoms with Crippen molar-refractivity contribution in [3.8, 4) is 5.75 Å². The van der Waals surface area contributed by atoms with Crippen molar-refractivity contribution < 1.29 is 21.6 Å². The molecule has 0 aliphatic carbocycles. The molecule has 2 aromatic carbocycles. The molecule has 8 heteroatoms. The second-order valence-corrected chi connectivity index (χ2v) is 8.93. The lowest BCUT2D eigenvalue weighted by atomic mass is 10.1. The van der Waals surface area contributed by atoms with Gasteiger partial charge in [-0.05, 0) is 36.2 Å². The number of ether oxygens (including phenoxy) is 1. The number of hydrogen-bond acceptors (Lipinski definition) is 5. The highest BCUT2D eigenvalue weighted by atomic mass is 32.2. The lowest BCUT2D eigenvalue weighted by Crippen LogP contribution is -2.27. The second kappa shape index (κ2) is 7.33. The normalized spacial score (nSPS) is 12.1. The van der Waals surface area contributed by atoms with Crippen molar-refractivity contribution in [1.82, 2.24) is 4.72 Å². The molecule has 1 N–H and O–H groups in total. The van der Waals surface area contributed by atoms with E-state index < -0.39 is 19.9 Å². The van der Waals surface area contributed by atoms with E-state index in [1.807, 2.05) is 12.1 Å². The highest BCUT2D eigenvalue weighted by Crippen LogP contribution is 2.20. The largest absolute Gasteiger partial charge is 0.497 e. The standard InChI is InChI=1S/C16H19NO5S2/c1-22-14-9-7-13(8-10-14)11-12-17-24(20,21)16-6-4-3-5-15(16)23(2,18)19/h3-10,17H,11-12H2,1-2H3. The van der Waals surface area contributed by atoms with Gasteiger partial charge in [0.25, 0.3) is 0 Å². The lowest BCUT2D eigenvalue weighted by Gasteiger charge is -2.10. The molecule has 0 unspecified atom stereocenters. The first-order valence-electron chi connectivity index (χ1n) is 7.16. The van der Waals surface area contributed by atoms with Gasteiger partial charge in [0.1, 0.15) is 10.6 Å². The summed E-state index contributed by atoms with van der Waals surface area (Å²) in [7, 11) is -5.97. The summed E-state index contributed by atoms with van der Waals surface area (Å²) in [5.41, 5.74) is 0.940. The van der Waals surface area contributed by atoms with E-state index in [9.17, 15) is 16.8 Å². The topological polar surface area (TPSA) is 89.5 Å². The molecule has 0 fully saturated rings. The Morgan fingerprint density at radius 2 is 1.50 bits per heavy atom. The fourth-order valence-electron chi connectivity index (χ4n) is 2.18. The van der Waals surface area contributed by atoms with Gasteiger partial charge in [0.05, 0.1) is 12.0 Å². The van der Waals surface area contributed by atoms with E-state index in [1.54, 1.807) is 19.2 Å². The number of sulfone groups is 1. The smallest absolute Gasteiger partial charge is 0.241 e. The Bertz CT molecular complexity index is 904. The predicted octanol–water partition coefficient (Wildman–Crippen LogP) is 1.62. The van der Waals surface area contributed by atoms with E-state index in [2.05, 4.69) is 4.72 Å². The summed E-state index contributed by atoms with van der Waals surface area (Å²) in [6, 6.07) is 12.8. The Kier molecular flexibility index (Phi) is 5.63. The van der Waals surface area contributed by atoms with E-state index in [0.717, 1.165) is 17.6 Å². The van der Waals surface area contributed by atoms with Crippen molar-refractivity contribution in [2.24, 2.45) is 0 Å². The van der Waals surface area contributed by atoms with Crippen LogP contribution in [-0.2, 0) is 26.3 Å². The summed E-state index contributed by atoms with van der Waals surface area (Å²) >= 11 is 0. The first-order valence-corrected chi connectivity index (χ1v) is 10.5. The molecule has 0 heterocycles. The first kappa shape index (κ1) is 18.4. The van der Waals surface area contributed by atoms with E-state index >= 15 is 0 Å².